The molecule has 1 heterocycles. The van der Waals surface area contributed by atoms with Gasteiger partial charge in [-0.25, -0.2) is 4.98 Å². The number of nitrogens with one attached hydrogen (secondary N) is 2. The molecule has 0 amide bonds. The molecule has 0 atom stereocenters. The molecule has 0 bridgehead atoms. The van der Waals surface area contributed by atoms with Gasteiger partial charge in [-0.1, -0.05) is 26.0 Å². The van der Waals surface area contributed by atoms with Gasteiger partial charge in [0, 0.05) is 31.1 Å². The molecule has 0 unspecified atom stereocenters. The number of rotatable bonds is 6. The van der Waals surface area contributed by atoms with Gasteiger partial charge in [0.15, 0.2) is 5.96 Å². The molecule has 0 saturated carbocycles. The zero-order valence-corrected chi connectivity index (χ0v) is 17.5. The van der Waals surface area contributed by atoms with Crippen LogP contribution in [0, 0.1) is 10.1 Å². The molecule has 0 aliphatic carbocycles. The van der Waals surface area contributed by atoms with Gasteiger partial charge in [0.2, 0.25) is 0 Å². The second-order valence-corrected chi connectivity index (χ2v) is 6.47. The minimum atomic E-state index is -0.406. The van der Waals surface area contributed by atoms with E-state index in [4.69, 9.17) is 0 Å². The van der Waals surface area contributed by atoms with E-state index in [1.165, 1.54) is 12.1 Å². The maximum Gasteiger partial charge on any atom is 0.269 e. The number of nitro benzene ring substituents is 1. The van der Waals surface area contributed by atoms with E-state index in [1.54, 1.807) is 30.5 Å². The van der Waals surface area contributed by atoms with Gasteiger partial charge >= 0.3 is 0 Å². The average Bonchev–Trinajstić information content (AvgIpc) is 3.04. The van der Waals surface area contributed by atoms with Crippen LogP contribution in [0.15, 0.2) is 34.6 Å². The van der Waals surface area contributed by atoms with E-state index < -0.39 is 4.92 Å². The first-order valence-corrected chi connectivity index (χ1v) is 8.49. The largest absolute Gasteiger partial charge is 0.352 e. The predicted octanol–water partition coefficient (Wildman–Crippen LogP) is 3.66. The van der Waals surface area contributed by atoms with E-state index in [0.717, 1.165) is 16.3 Å². The van der Waals surface area contributed by atoms with Crippen LogP contribution in [0.25, 0.3) is 0 Å². The van der Waals surface area contributed by atoms with E-state index in [2.05, 4.69) is 39.8 Å². The first kappa shape index (κ1) is 21.3. The highest BCUT2D eigenvalue weighted by molar-refractivity contribution is 14.0. The normalized spacial score (nSPS) is 11.1. The fourth-order valence-corrected chi connectivity index (χ4v) is 2.87. The molecule has 9 heteroatoms. The lowest BCUT2D eigenvalue weighted by molar-refractivity contribution is -0.384. The van der Waals surface area contributed by atoms with Gasteiger partial charge in [-0.2, -0.15) is 0 Å². The Hall–Kier alpha value is -1.75. The number of nitro groups is 1. The Balaban J connectivity index is 0.00000312. The Bertz CT molecular complexity index is 716. The zero-order valence-electron chi connectivity index (χ0n) is 14.4. The summed E-state index contributed by atoms with van der Waals surface area (Å²) in [6.07, 6.45) is 0. The number of halogens is 1. The number of nitrogens with zero attached hydrogens (tertiary/aromatic N) is 3. The van der Waals surface area contributed by atoms with E-state index in [9.17, 15) is 10.1 Å². The van der Waals surface area contributed by atoms with Crippen molar-refractivity contribution >= 4 is 47.0 Å². The first-order valence-electron chi connectivity index (χ1n) is 7.61. The van der Waals surface area contributed by atoms with Crippen LogP contribution < -0.4 is 10.6 Å². The highest BCUT2D eigenvalue weighted by Crippen LogP contribution is 2.17. The first-order chi connectivity index (χ1) is 11.5. The third kappa shape index (κ3) is 6.58. The minimum absolute atomic E-state index is 0. The third-order valence-corrected chi connectivity index (χ3v) is 4.27. The van der Waals surface area contributed by atoms with Crippen LogP contribution >= 0.6 is 35.3 Å². The van der Waals surface area contributed by atoms with Crippen LogP contribution in [0.4, 0.5) is 5.69 Å². The van der Waals surface area contributed by atoms with Gasteiger partial charge in [0.1, 0.15) is 5.01 Å². The number of hydrogen-bond acceptors (Lipinski definition) is 5. The maximum absolute atomic E-state index is 10.6. The van der Waals surface area contributed by atoms with E-state index in [1.807, 2.05) is 0 Å². The molecular formula is C16H22IN5O2S. The number of guanidine groups is 1. The molecule has 25 heavy (non-hydrogen) atoms. The molecule has 136 valence electrons. The van der Waals surface area contributed by atoms with Crippen LogP contribution in [0.1, 0.15) is 36.0 Å². The summed E-state index contributed by atoms with van der Waals surface area (Å²) in [5.74, 6) is 1.09. The molecule has 2 aromatic rings. The van der Waals surface area contributed by atoms with E-state index >= 15 is 0 Å². The summed E-state index contributed by atoms with van der Waals surface area (Å²) in [5, 5.41) is 20.1. The topological polar surface area (TPSA) is 92.5 Å². The SMILES string of the molecule is CN=C(NCc1ccc([N+](=O)[O-])cc1)NCc1nc(C(C)C)cs1.I. The van der Waals surface area contributed by atoms with Gasteiger partial charge in [-0.05, 0) is 11.5 Å². The van der Waals surface area contributed by atoms with Crippen molar-refractivity contribution < 1.29 is 4.92 Å². The molecule has 0 saturated heterocycles. The predicted molar refractivity (Wildman–Crippen MR) is 112 cm³/mol. The molecule has 2 N–H and O–H groups in total. The number of aliphatic imine (C=N–C) groups is 1. The molecule has 1 aromatic heterocycles. The second-order valence-electron chi connectivity index (χ2n) is 5.52. The van der Waals surface area contributed by atoms with Gasteiger partial charge in [0.25, 0.3) is 5.69 Å². The standard InChI is InChI=1S/C16H21N5O2S.HI/c1-11(2)14-10-24-15(20-14)9-19-16(17-3)18-8-12-4-6-13(7-5-12)21(22)23;/h4-7,10-11H,8-9H2,1-3H3,(H2,17,18,19);1H. The van der Waals surface area contributed by atoms with E-state index in [0.29, 0.717) is 25.0 Å². The molecule has 0 spiro atoms. The van der Waals surface area contributed by atoms with Crippen LogP contribution in [-0.4, -0.2) is 22.9 Å². The van der Waals surface area contributed by atoms with Crippen LogP contribution in [-0.2, 0) is 13.1 Å². The summed E-state index contributed by atoms with van der Waals surface area (Å²) in [7, 11) is 1.70. The lowest BCUT2D eigenvalue weighted by atomic mass is 10.2. The van der Waals surface area contributed by atoms with Crippen molar-refractivity contribution in [3.8, 4) is 0 Å². The van der Waals surface area contributed by atoms with Crippen molar-refractivity contribution in [2.75, 3.05) is 7.05 Å². The number of thiazole rings is 1. The Kier molecular flexibility index (Phi) is 8.76. The highest BCUT2D eigenvalue weighted by Gasteiger charge is 2.07. The Morgan fingerprint density at radius 3 is 2.44 bits per heavy atom. The molecule has 0 radical (unpaired) electrons. The van der Waals surface area contributed by atoms with Gasteiger partial charge < -0.3 is 10.6 Å². The smallest absolute Gasteiger partial charge is 0.269 e. The monoisotopic (exact) mass is 475 g/mol. The molecule has 0 aliphatic heterocycles. The van der Waals surface area contributed by atoms with Crippen molar-refractivity contribution in [3.63, 3.8) is 0 Å². The van der Waals surface area contributed by atoms with Crippen molar-refractivity contribution in [3.05, 3.63) is 56.0 Å². The lowest BCUT2D eigenvalue weighted by Gasteiger charge is -2.11. The highest BCUT2D eigenvalue weighted by atomic mass is 127. The average molecular weight is 475 g/mol. The number of non-ortho nitro benzene ring substituents is 1. The van der Waals surface area contributed by atoms with Crippen molar-refractivity contribution in [2.45, 2.75) is 32.9 Å². The third-order valence-electron chi connectivity index (χ3n) is 3.40. The fourth-order valence-electron chi connectivity index (χ4n) is 1.97. The van der Waals surface area contributed by atoms with Gasteiger partial charge in [-0.3, -0.25) is 15.1 Å². The van der Waals surface area contributed by atoms with Crippen molar-refractivity contribution in [2.24, 2.45) is 4.99 Å². The lowest BCUT2D eigenvalue weighted by Crippen LogP contribution is -2.36. The van der Waals surface area contributed by atoms with E-state index in [-0.39, 0.29) is 29.7 Å². The minimum Gasteiger partial charge on any atom is -0.352 e. The number of aromatic nitrogens is 1. The van der Waals surface area contributed by atoms with Gasteiger partial charge in [-0.15, -0.1) is 35.3 Å². The van der Waals surface area contributed by atoms with Crippen LogP contribution in [0.3, 0.4) is 0 Å². The van der Waals surface area contributed by atoms with Crippen LogP contribution in [0.5, 0.6) is 0 Å². The summed E-state index contributed by atoms with van der Waals surface area (Å²) in [6.45, 7) is 5.39. The quantitative estimate of drug-likeness (QED) is 0.219. The molecule has 2 rings (SSSR count). The number of benzene rings is 1. The molecule has 1 aromatic carbocycles. The summed E-state index contributed by atoms with van der Waals surface area (Å²) >= 11 is 1.63. The summed E-state index contributed by atoms with van der Waals surface area (Å²) in [6, 6.07) is 6.45. The summed E-state index contributed by atoms with van der Waals surface area (Å²) in [5.41, 5.74) is 2.14. The molecule has 0 fully saturated rings. The Labute approximate surface area is 168 Å². The molecular weight excluding hydrogens is 453 g/mol. The molecule has 7 nitrogen and oxygen atoms in total. The summed E-state index contributed by atoms with van der Waals surface area (Å²) in [4.78, 5) is 19.0. The maximum atomic E-state index is 10.6. The Morgan fingerprint density at radius 2 is 1.92 bits per heavy atom. The summed E-state index contributed by atoms with van der Waals surface area (Å²) < 4.78 is 0. The van der Waals surface area contributed by atoms with Crippen molar-refractivity contribution in [1.29, 1.82) is 0 Å². The second kappa shape index (κ2) is 10.3. The van der Waals surface area contributed by atoms with Crippen LogP contribution in [0.2, 0.25) is 0 Å². The molecule has 0 aliphatic rings. The zero-order chi connectivity index (χ0) is 17.5. The fraction of sp³-hybridized carbons (Fsp3) is 0.375. The van der Waals surface area contributed by atoms with Gasteiger partial charge in [0.05, 0.1) is 17.2 Å². The Morgan fingerprint density at radius 1 is 1.28 bits per heavy atom. The number of hydrogen-bond donors (Lipinski definition) is 2. The van der Waals surface area contributed by atoms with Crippen molar-refractivity contribution in [1.82, 2.24) is 15.6 Å².